The van der Waals surface area contributed by atoms with Crippen molar-refractivity contribution in [2.75, 3.05) is 4.81 Å². The fraction of sp³-hybridized carbons (Fsp3) is 0.289. The van der Waals surface area contributed by atoms with Gasteiger partial charge in [0.25, 0.3) is 0 Å². The van der Waals surface area contributed by atoms with Crippen LogP contribution in [0.2, 0.25) is 6.32 Å². The number of anilines is 2. The van der Waals surface area contributed by atoms with Crippen LogP contribution in [0.25, 0.3) is 28.0 Å². The molecule has 0 bridgehead atoms. The molecule has 0 unspecified atom stereocenters. The van der Waals surface area contributed by atoms with E-state index in [1.807, 2.05) is 18.5 Å². The third-order valence-electron chi connectivity index (χ3n) is 8.96. The second-order valence-corrected chi connectivity index (χ2v) is 15.3. The standard InChI is InChI=1S/C38H39BN6O.Pt/c1-9-39-44(36-22-26(16-18-40-36)37(2,3)4)35-24-29(14-15-31(35)32-17-19-41-45(32)39)46-30-21-27(38(5,6)7)20-28(23-30)43-25-42(8)33-12-10-11-13-34(33)43;/h10-22H,9H2,1-8H3;/q-2;. The predicted octanol–water partition coefficient (Wildman–Crippen LogP) is 8.80. The summed E-state index contributed by atoms with van der Waals surface area (Å²) in [6, 6.07) is 30.5. The Morgan fingerprint density at radius 1 is 0.830 bits per heavy atom. The van der Waals surface area contributed by atoms with Crippen LogP contribution in [-0.4, -0.2) is 30.8 Å². The fourth-order valence-electron chi connectivity index (χ4n) is 6.33. The van der Waals surface area contributed by atoms with E-state index in [0.29, 0.717) is 11.5 Å². The van der Waals surface area contributed by atoms with E-state index in [1.165, 1.54) is 5.56 Å². The fourth-order valence-corrected chi connectivity index (χ4v) is 7.15. The molecule has 0 aliphatic carbocycles. The van der Waals surface area contributed by atoms with Crippen LogP contribution in [0.1, 0.15) is 59.6 Å². The first kappa shape index (κ1) is 31.4. The second-order valence-electron chi connectivity index (χ2n) is 14.3. The van der Waals surface area contributed by atoms with Crippen molar-refractivity contribution in [2.24, 2.45) is 7.05 Å². The summed E-state index contributed by atoms with van der Waals surface area (Å²) in [5, 5.41) is 4.74. The summed E-state index contributed by atoms with van der Waals surface area (Å²) < 4.78 is 14.3. The average molecular weight is 802 g/mol. The van der Waals surface area contributed by atoms with Gasteiger partial charge in [-0.1, -0.05) is 27.7 Å². The van der Waals surface area contributed by atoms with Crippen molar-refractivity contribution in [3.63, 3.8) is 0 Å². The monoisotopic (exact) mass is 801 g/mol. The van der Waals surface area contributed by atoms with Crippen LogP contribution in [0.15, 0.2) is 79.1 Å². The molecule has 1 aliphatic heterocycles. The molecule has 0 radical (unpaired) electrons. The molecule has 242 valence electrons. The number of hydrogen-bond acceptors (Lipinski definition) is 4. The first-order valence-electron chi connectivity index (χ1n) is 16.1. The number of pyridine rings is 1. The van der Waals surface area contributed by atoms with Crippen LogP contribution < -0.4 is 9.55 Å². The summed E-state index contributed by atoms with van der Waals surface area (Å²) in [7, 11) is 2.10. The first-order chi connectivity index (χ1) is 22.3. The van der Waals surface area contributed by atoms with E-state index in [0.717, 1.165) is 55.2 Å². The van der Waals surface area contributed by atoms with Gasteiger partial charge in [0, 0.05) is 12.4 Å². The third-order valence-corrected chi connectivity index (χ3v) is 10.2. The number of imidazole rings is 1. The quantitative estimate of drug-likeness (QED) is 0.129. The van der Waals surface area contributed by atoms with E-state index < -0.39 is 0 Å². The van der Waals surface area contributed by atoms with Gasteiger partial charge in [-0.25, -0.2) is 0 Å². The molecule has 0 amide bonds. The van der Waals surface area contributed by atoms with Gasteiger partial charge in [0.1, 0.15) is 0 Å². The minimum absolute atomic E-state index is 0.0187. The Hall–Kier alpha value is -4.16. The van der Waals surface area contributed by atoms with Gasteiger partial charge < -0.3 is 0 Å². The smallest absolute Gasteiger partial charge is 0.193 e. The molecule has 0 saturated heterocycles. The third kappa shape index (κ3) is 5.51. The Morgan fingerprint density at radius 2 is 1.57 bits per heavy atom. The van der Waals surface area contributed by atoms with Gasteiger partial charge >= 0.3 is 227 Å². The van der Waals surface area contributed by atoms with E-state index in [9.17, 15) is 0 Å². The number of hydrogen-bond donors (Lipinski definition) is 0. The zero-order valence-corrected chi connectivity index (χ0v) is 30.5. The summed E-state index contributed by atoms with van der Waals surface area (Å²) in [5.74, 6) is 2.13. The van der Waals surface area contributed by atoms with Crippen LogP contribution >= 0.6 is 0 Å². The summed E-state index contributed by atoms with van der Waals surface area (Å²) >= 11 is 2.39. The molecule has 9 heteroatoms. The Morgan fingerprint density at radius 3 is 2.30 bits per heavy atom. The van der Waals surface area contributed by atoms with Gasteiger partial charge in [0.2, 0.25) is 0 Å². The Bertz CT molecular complexity index is 2200. The normalized spacial score (nSPS) is 13.2. The molecule has 0 N–H and O–H groups in total. The second kappa shape index (κ2) is 11.5. The van der Waals surface area contributed by atoms with Gasteiger partial charge in [-0.3, -0.25) is 0 Å². The Labute approximate surface area is 288 Å². The molecular weight excluding hydrogens is 762 g/mol. The summed E-state index contributed by atoms with van der Waals surface area (Å²) in [6.45, 7) is 15.5. The topological polar surface area (TPSA) is 53.0 Å². The average Bonchev–Trinajstić information content (AvgIpc) is 3.62. The van der Waals surface area contributed by atoms with Crippen molar-refractivity contribution in [1.29, 1.82) is 0 Å². The minimum atomic E-state index is -0.106. The zero-order chi connectivity index (χ0) is 33.2. The van der Waals surface area contributed by atoms with Crippen LogP contribution in [-0.2, 0) is 37.2 Å². The molecular formula is C38H39BN6OPt-2. The van der Waals surface area contributed by atoms with Gasteiger partial charge in [0.15, 0.2) is 0 Å². The van der Waals surface area contributed by atoms with Crippen LogP contribution in [0.5, 0.6) is 11.5 Å². The van der Waals surface area contributed by atoms with Crippen LogP contribution in [0.4, 0.5) is 11.5 Å². The molecule has 7 rings (SSSR count). The van der Waals surface area contributed by atoms with E-state index in [2.05, 4.69) is 166 Å². The number of ether oxygens (including phenoxy) is 1. The van der Waals surface area contributed by atoms with Crippen molar-refractivity contribution in [2.45, 2.75) is 65.6 Å². The summed E-state index contributed by atoms with van der Waals surface area (Å²) in [5.41, 5.74) is 8.50. The number of aryl methyl sites for hydroxylation is 1. The van der Waals surface area contributed by atoms with Gasteiger partial charge in [-0.2, -0.15) is 5.10 Å². The van der Waals surface area contributed by atoms with E-state index in [-0.39, 0.29) is 17.8 Å². The van der Waals surface area contributed by atoms with Crippen LogP contribution in [0, 0.1) is 15.9 Å². The maximum absolute atomic E-state index is 6.70. The first-order valence-corrected chi connectivity index (χ1v) is 17.2. The van der Waals surface area contributed by atoms with Crippen molar-refractivity contribution >= 4 is 29.5 Å². The number of benzene rings is 3. The van der Waals surface area contributed by atoms with Gasteiger partial charge in [0.05, 0.1) is 0 Å². The van der Waals surface area contributed by atoms with Gasteiger partial charge in [-0.15, -0.1) is 0 Å². The minimum Gasteiger partial charge on any atom is -0.193 e. The molecule has 6 aromatic rings. The molecule has 7 nitrogen and oxygen atoms in total. The summed E-state index contributed by atoms with van der Waals surface area (Å²) in [4.78, 5) is 7.13. The number of aromatic nitrogens is 5. The number of fused-ring (bicyclic) bond motifs is 4. The molecule has 1 aliphatic rings. The molecule has 0 fully saturated rings. The number of para-hydroxylation sites is 2. The van der Waals surface area contributed by atoms with Crippen molar-refractivity contribution in [3.05, 3.63) is 106 Å². The van der Waals surface area contributed by atoms with Gasteiger partial charge in [-0.05, 0) is 17.0 Å². The zero-order valence-electron chi connectivity index (χ0n) is 28.2. The molecule has 3 aromatic heterocycles. The maximum atomic E-state index is 6.70. The van der Waals surface area contributed by atoms with Crippen molar-refractivity contribution in [3.8, 4) is 28.4 Å². The number of nitrogens with zero attached hydrogens (tertiary/aromatic N) is 6. The summed E-state index contributed by atoms with van der Waals surface area (Å²) in [6.07, 6.45) is 4.61. The van der Waals surface area contributed by atoms with Crippen LogP contribution in [0.3, 0.4) is 0 Å². The van der Waals surface area contributed by atoms with E-state index >= 15 is 0 Å². The van der Waals surface area contributed by atoms with E-state index in [1.54, 1.807) is 0 Å². The molecule has 3 aromatic carbocycles. The Balaban J connectivity index is 1.37. The van der Waals surface area contributed by atoms with Crippen molar-refractivity contribution < 1.29 is 24.1 Å². The number of rotatable bonds is 5. The molecule has 0 spiro atoms. The molecule has 47 heavy (non-hydrogen) atoms. The molecule has 4 heterocycles. The SMILES string of the molecule is CCB1N(c2cc(C(C)(C)C)ccn2)c2[c-]c(Oc3[c-]c(-n4[c](=[Pt])n(C)c5ccccc54)cc(C(C)(C)C)c3)ccc2-c2ccnn21. The van der Waals surface area contributed by atoms with E-state index in [4.69, 9.17) is 14.8 Å². The Kier molecular flexibility index (Phi) is 7.71. The molecule has 0 atom stereocenters. The molecule has 0 saturated carbocycles. The van der Waals surface area contributed by atoms with Crippen molar-refractivity contribution in [1.82, 2.24) is 23.8 Å². The predicted molar refractivity (Wildman–Crippen MR) is 186 cm³/mol.